The number of carbonyl (C=O) groups is 2. The number of nitrogens with one attached hydrogen (secondary N) is 2. The molecule has 1 fully saturated rings. The summed E-state index contributed by atoms with van der Waals surface area (Å²) in [5.74, 6) is 0.352. The van der Waals surface area contributed by atoms with E-state index in [1.54, 1.807) is 0 Å². The molecule has 2 aromatic heterocycles. The number of amides is 2. The highest BCUT2D eigenvalue weighted by Gasteiger charge is 2.17. The number of benzene rings is 1. The molecule has 1 aliphatic heterocycles. The molecule has 0 bridgehead atoms. The number of hydrogen-bond acceptors (Lipinski definition) is 5. The third kappa shape index (κ3) is 5.24. The van der Waals surface area contributed by atoms with Crippen LogP contribution in [0.5, 0.6) is 0 Å². The van der Waals surface area contributed by atoms with E-state index >= 15 is 0 Å². The molecule has 8 heteroatoms. The summed E-state index contributed by atoms with van der Waals surface area (Å²) in [6.45, 7) is 2.60. The summed E-state index contributed by atoms with van der Waals surface area (Å²) < 4.78 is 7.69. The lowest BCUT2D eigenvalue weighted by atomic mass is 10.2. The third-order valence-corrected chi connectivity index (χ3v) is 6.96. The number of carbonyl (C=O) groups excluding carboxylic acids is 2. The lowest BCUT2D eigenvalue weighted by Gasteiger charge is -2.10. The molecular weight excluding hydrogens is 418 g/mol. The van der Waals surface area contributed by atoms with Crippen LogP contribution < -0.4 is 10.6 Å². The van der Waals surface area contributed by atoms with Crippen LogP contribution in [-0.2, 0) is 16.1 Å². The van der Waals surface area contributed by atoms with Gasteiger partial charge in [0.05, 0.1) is 16.7 Å². The van der Waals surface area contributed by atoms with Gasteiger partial charge in [-0.3, -0.25) is 9.59 Å². The van der Waals surface area contributed by atoms with Crippen molar-refractivity contribution >= 4 is 45.8 Å². The smallest absolute Gasteiger partial charge is 0.261 e. The second kappa shape index (κ2) is 10.1. The van der Waals surface area contributed by atoms with Crippen LogP contribution in [0, 0.1) is 0 Å². The minimum absolute atomic E-state index is 0.0237. The summed E-state index contributed by atoms with van der Waals surface area (Å²) in [7, 11) is 0. The van der Waals surface area contributed by atoms with E-state index in [0.29, 0.717) is 25.4 Å². The number of ether oxygens (including phenoxy) is 1. The van der Waals surface area contributed by atoms with Crippen LogP contribution in [0.15, 0.2) is 52.9 Å². The van der Waals surface area contributed by atoms with Gasteiger partial charge in [0, 0.05) is 48.2 Å². The van der Waals surface area contributed by atoms with E-state index in [2.05, 4.69) is 33.5 Å². The Kier molecular flexibility index (Phi) is 7.09. The van der Waals surface area contributed by atoms with Gasteiger partial charge in [0.1, 0.15) is 0 Å². The zero-order valence-corrected chi connectivity index (χ0v) is 18.3. The van der Waals surface area contributed by atoms with Crippen LogP contribution in [0.1, 0.15) is 22.5 Å². The summed E-state index contributed by atoms with van der Waals surface area (Å²) >= 11 is 2.98. The van der Waals surface area contributed by atoms with Crippen molar-refractivity contribution in [2.45, 2.75) is 30.4 Å². The number of nitrogens with zero attached hydrogens (tertiary/aromatic N) is 1. The van der Waals surface area contributed by atoms with Crippen molar-refractivity contribution in [1.29, 1.82) is 0 Å². The van der Waals surface area contributed by atoms with E-state index < -0.39 is 0 Å². The summed E-state index contributed by atoms with van der Waals surface area (Å²) in [6.07, 6.45) is 4.32. The van der Waals surface area contributed by atoms with Crippen molar-refractivity contribution < 1.29 is 14.3 Å². The molecule has 0 unspecified atom stereocenters. The SMILES string of the molecule is O=C(CSc1cn(CCNC(=O)c2cccs2)c2ccccc12)NC[C@@H]1CCCO1. The Labute approximate surface area is 184 Å². The zero-order valence-electron chi connectivity index (χ0n) is 16.6. The lowest BCUT2D eigenvalue weighted by Crippen LogP contribution is -2.32. The number of hydrogen-bond donors (Lipinski definition) is 2. The van der Waals surface area contributed by atoms with Crippen LogP contribution in [-0.4, -0.2) is 47.9 Å². The first kappa shape index (κ1) is 21.0. The molecule has 30 heavy (non-hydrogen) atoms. The molecule has 1 aromatic carbocycles. The van der Waals surface area contributed by atoms with Gasteiger partial charge in [-0.1, -0.05) is 24.3 Å². The summed E-state index contributed by atoms with van der Waals surface area (Å²) in [6, 6.07) is 11.8. The van der Waals surface area contributed by atoms with Gasteiger partial charge in [-0.15, -0.1) is 23.1 Å². The molecule has 1 saturated heterocycles. The summed E-state index contributed by atoms with van der Waals surface area (Å²) in [5, 5.41) is 8.96. The van der Waals surface area contributed by atoms with Crippen LogP contribution in [0.4, 0.5) is 0 Å². The minimum Gasteiger partial charge on any atom is -0.376 e. The molecule has 1 aliphatic rings. The number of thioether (sulfide) groups is 1. The molecule has 4 rings (SSSR count). The predicted octanol–water partition coefficient (Wildman–Crippen LogP) is 3.52. The van der Waals surface area contributed by atoms with Gasteiger partial charge >= 0.3 is 0 Å². The maximum absolute atomic E-state index is 12.2. The monoisotopic (exact) mass is 443 g/mol. The fourth-order valence-electron chi connectivity index (χ4n) is 3.53. The van der Waals surface area contributed by atoms with Crippen molar-refractivity contribution in [3.05, 3.63) is 52.9 Å². The van der Waals surface area contributed by atoms with Crippen molar-refractivity contribution in [2.75, 3.05) is 25.4 Å². The van der Waals surface area contributed by atoms with E-state index in [0.717, 1.165) is 40.1 Å². The van der Waals surface area contributed by atoms with E-state index in [9.17, 15) is 9.59 Å². The van der Waals surface area contributed by atoms with Gasteiger partial charge in [0.2, 0.25) is 5.91 Å². The first-order chi connectivity index (χ1) is 14.7. The topological polar surface area (TPSA) is 72.4 Å². The minimum atomic E-state index is -0.0426. The summed E-state index contributed by atoms with van der Waals surface area (Å²) in [5.41, 5.74) is 1.10. The van der Waals surface area contributed by atoms with Crippen LogP contribution in [0.3, 0.4) is 0 Å². The second-order valence-electron chi connectivity index (χ2n) is 7.16. The Hall–Kier alpha value is -2.29. The molecule has 0 saturated carbocycles. The summed E-state index contributed by atoms with van der Waals surface area (Å²) in [4.78, 5) is 26.2. The average Bonchev–Trinajstić information content (AvgIpc) is 3.52. The molecule has 158 valence electrons. The maximum Gasteiger partial charge on any atom is 0.261 e. The Morgan fingerprint density at radius 2 is 2.10 bits per heavy atom. The van der Waals surface area contributed by atoms with Crippen LogP contribution in [0.25, 0.3) is 10.9 Å². The van der Waals surface area contributed by atoms with E-state index in [1.165, 1.54) is 23.1 Å². The van der Waals surface area contributed by atoms with Gasteiger partial charge in [-0.25, -0.2) is 0 Å². The highest BCUT2D eigenvalue weighted by atomic mass is 32.2. The van der Waals surface area contributed by atoms with Crippen LogP contribution in [0.2, 0.25) is 0 Å². The molecule has 3 aromatic rings. The Balaban J connectivity index is 1.33. The first-order valence-corrected chi connectivity index (χ1v) is 12.0. The van der Waals surface area contributed by atoms with Gasteiger partial charge in [0.25, 0.3) is 5.91 Å². The highest BCUT2D eigenvalue weighted by molar-refractivity contribution is 8.00. The molecule has 2 amide bonds. The number of fused-ring (bicyclic) bond motifs is 1. The number of rotatable bonds is 9. The Morgan fingerprint density at radius 3 is 2.90 bits per heavy atom. The number of thiophene rings is 1. The van der Waals surface area contributed by atoms with Gasteiger partial charge in [-0.2, -0.15) is 0 Å². The van der Waals surface area contributed by atoms with Crippen molar-refractivity contribution in [3.8, 4) is 0 Å². The van der Waals surface area contributed by atoms with E-state index in [1.807, 2.05) is 29.6 Å². The standard InChI is InChI=1S/C22H25N3O3S2/c26-21(24-13-16-5-3-11-28-16)15-30-20-14-25(18-7-2-1-6-17(18)20)10-9-23-22(27)19-8-4-12-29-19/h1-2,4,6-8,12,14,16H,3,5,9-11,13,15H2,(H,23,27)(H,24,26)/t16-/m0/s1. The normalized spacial score (nSPS) is 16.1. The average molecular weight is 444 g/mol. The Morgan fingerprint density at radius 1 is 1.20 bits per heavy atom. The fourth-order valence-corrected chi connectivity index (χ4v) is 5.08. The molecule has 1 atom stereocenters. The maximum atomic E-state index is 12.2. The van der Waals surface area contributed by atoms with Crippen molar-refractivity contribution in [2.24, 2.45) is 0 Å². The van der Waals surface area contributed by atoms with Crippen molar-refractivity contribution in [1.82, 2.24) is 15.2 Å². The molecular formula is C22H25N3O3S2. The first-order valence-electron chi connectivity index (χ1n) is 10.1. The quantitative estimate of drug-likeness (QED) is 0.497. The lowest BCUT2D eigenvalue weighted by molar-refractivity contribution is -0.119. The Bertz CT molecular complexity index is 994. The molecule has 0 spiro atoms. The predicted molar refractivity (Wildman–Crippen MR) is 121 cm³/mol. The number of para-hydroxylation sites is 1. The van der Waals surface area contributed by atoms with E-state index in [4.69, 9.17) is 4.74 Å². The van der Waals surface area contributed by atoms with Gasteiger partial charge in [-0.05, 0) is 30.4 Å². The van der Waals surface area contributed by atoms with Crippen LogP contribution >= 0.6 is 23.1 Å². The second-order valence-corrected chi connectivity index (χ2v) is 9.13. The van der Waals surface area contributed by atoms with E-state index in [-0.39, 0.29) is 17.9 Å². The third-order valence-electron chi connectivity index (χ3n) is 5.04. The van der Waals surface area contributed by atoms with Gasteiger partial charge < -0.3 is 19.9 Å². The molecule has 6 nitrogen and oxygen atoms in total. The fraction of sp³-hybridized carbons (Fsp3) is 0.364. The zero-order chi connectivity index (χ0) is 20.8. The number of aromatic nitrogens is 1. The molecule has 3 heterocycles. The molecule has 2 N–H and O–H groups in total. The van der Waals surface area contributed by atoms with Gasteiger partial charge in [0.15, 0.2) is 0 Å². The van der Waals surface area contributed by atoms with Crippen molar-refractivity contribution in [3.63, 3.8) is 0 Å². The molecule has 0 radical (unpaired) electrons. The largest absolute Gasteiger partial charge is 0.376 e. The molecule has 0 aliphatic carbocycles. The highest BCUT2D eigenvalue weighted by Crippen LogP contribution is 2.29.